The van der Waals surface area contributed by atoms with Gasteiger partial charge in [0, 0.05) is 29.4 Å². The average molecular weight is 314 g/mol. The Balaban J connectivity index is 0.000000507. The molecule has 0 saturated carbocycles. The third kappa shape index (κ3) is 6.50. The fourth-order valence-electron chi connectivity index (χ4n) is 1.41. The van der Waals surface area contributed by atoms with Crippen molar-refractivity contribution in [2.45, 2.75) is 26.2 Å². The first-order valence-corrected chi connectivity index (χ1v) is 6.28. The van der Waals surface area contributed by atoms with Gasteiger partial charge in [-0.15, -0.1) is 5.56 Å². The molecule has 0 spiro atoms. The first kappa shape index (κ1) is 18.4. The molecule has 0 heterocycles. The van der Waals surface area contributed by atoms with E-state index in [4.69, 9.17) is 0 Å². The Labute approximate surface area is 130 Å². The summed E-state index contributed by atoms with van der Waals surface area (Å²) < 4.78 is 4.61. The van der Waals surface area contributed by atoms with E-state index in [0.29, 0.717) is 0 Å². The third-order valence-corrected chi connectivity index (χ3v) is 2.60. The molecule has 0 aliphatic heterocycles. The molecule has 0 aromatic heterocycles. The van der Waals surface area contributed by atoms with Crippen molar-refractivity contribution in [3.63, 3.8) is 0 Å². The Kier molecular flexibility index (Phi) is 9.35. The van der Waals surface area contributed by atoms with Crippen LogP contribution in [0.3, 0.4) is 0 Å². The van der Waals surface area contributed by atoms with Gasteiger partial charge >= 0.3 is 11.9 Å². The van der Waals surface area contributed by atoms with Gasteiger partial charge in [-0.05, 0) is 0 Å². The van der Waals surface area contributed by atoms with Gasteiger partial charge in [0.05, 0.1) is 0 Å². The Bertz CT molecular complexity index is 455. The van der Waals surface area contributed by atoms with Crippen molar-refractivity contribution in [2.24, 2.45) is 0 Å². The summed E-state index contributed by atoms with van der Waals surface area (Å²) in [4.78, 5) is 22.2. The summed E-state index contributed by atoms with van der Waals surface area (Å²) in [7, 11) is 0. The van der Waals surface area contributed by atoms with Crippen molar-refractivity contribution >= 4 is 11.9 Å². The molecule has 2 aromatic rings. The zero-order valence-corrected chi connectivity index (χ0v) is 12.7. The molecular formula is C16H18FeO3-6. The Morgan fingerprint density at radius 1 is 1.10 bits per heavy atom. The second kappa shape index (κ2) is 10.2. The van der Waals surface area contributed by atoms with E-state index in [2.05, 4.69) is 4.74 Å². The molecule has 0 amide bonds. The zero-order chi connectivity index (χ0) is 14.1. The van der Waals surface area contributed by atoms with Gasteiger partial charge < -0.3 is 35.1 Å². The molecule has 4 heteroatoms. The van der Waals surface area contributed by atoms with E-state index in [1.807, 2.05) is 54.6 Å². The van der Waals surface area contributed by atoms with Crippen LogP contribution >= 0.6 is 0 Å². The minimum atomic E-state index is -0.483. The van der Waals surface area contributed by atoms with Crippen LogP contribution in [0.2, 0.25) is 0 Å². The average Bonchev–Trinajstić information content (AvgIpc) is 3.12. The summed E-state index contributed by atoms with van der Waals surface area (Å²) in [6.07, 6.45) is 0.222. The SMILES string of the molecule is CCC(=O)OC(=O)C(C)[c-]1cccc1.[Fe].[cH-]1[cH-][cH-][cH-][cH-]1. The largest absolute Gasteiger partial charge is 0.748 e. The van der Waals surface area contributed by atoms with Gasteiger partial charge in [-0.2, -0.15) is 12.1 Å². The number of esters is 2. The smallest absolute Gasteiger partial charge is 0.313 e. The number of ether oxygens (including phenoxy) is 1. The van der Waals surface area contributed by atoms with E-state index >= 15 is 0 Å². The standard InChI is InChI=1S/C11H13O3.C5H5.Fe/c1-3-10(12)14-11(13)8(2)9-6-4-5-7-9;1-2-4-5-3-1;/h4-8H,3H2,1-2H3;1-5H;/q-1;-5;. The molecule has 1 unspecified atom stereocenters. The Morgan fingerprint density at radius 3 is 1.95 bits per heavy atom. The Morgan fingerprint density at radius 2 is 1.55 bits per heavy atom. The fourth-order valence-corrected chi connectivity index (χ4v) is 1.41. The van der Waals surface area contributed by atoms with Gasteiger partial charge in [0.15, 0.2) is 0 Å². The van der Waals surface area contributed by atoms with Crippen LogP contribution in [0.1, 0.15) is 31.7 Å². The van der Waals surface area contributed by atoms with Crippen LogP contribution in [-0.4, -0.2) is 11.9 Å². The van der Waals surface area contributed by atoms with Crippen molar-refractivity contribution in [2.75, 3.05) is 0 Å². The molecule has 2 rings (SSSR count). The monoisotopic (exact) mass is 314 g/mol. The van der Waals surface area contributed by atoms with E-state index in [1.165, 1.54) is 0 Å². The molecule has 0 saturated heterocycles. The molecule has 114 valence electrons. The maximum absolute atomic E-state index is 11.4. The maximum Gasteiger partial charge on any atom is 0.313 e. The molecule has 2 aromatic carbocycles. The van der Waals surface area contributed by atoms with Crippen LogP contribution < -0.4 is 0 Å². The summed E-state index contributed by atoms with van der Waals surface area (Å²) in [5.41, 5.74) is 0.874. The van der Waals surface area contributed by atoms with E-state index in [0.717, 1.165) is 5.56 Å². The molecule has 0 aliphatic carbocycles. The maximum atomic E-state index is 11.4. The first-order valence-electron chi connectivity index (χ1n) is 6.28. The van der Waals surface area contributed by atoms with E-state index in [1.54, 1.807) is 13.8 Å². The molecule has 0 radical (unpaired) electrons. The molecule has 20 heavy (non-hydrogen) atoms. The van der Waals surface area contributed by atoms with Crippen molar-refractivity contribution in [3.8, 4) is 0 Å². The van der Waals surface area contributed by atoms with E-state index in [-0.39, 0.29) is 29.4 Å². The van der Waals surface area contributed by atoms with E-state index < -0.39 is 11.9 Å². The quantitative estimate of drug-likeness (QED) is 0.377. The van der Waals surface area contributed by atoms with Crippen LogP contribution in [0.15, 0.2) is 54.6 Å². The third-order valence-electron chi connectivity index (χ3n) is 2.60. The van der Waals surface area contributed by atoms with Crippen molar-refractivity contribution in [1.29, 1.82) is 0 Å². The first-order chi connectivity index (χ1) is 9.15. The predicted molar refractivity (Wildman–Crippen MR) is 73.9 cm³/mol. The fraction of sp³-hybridized carbons (Fsp3) is 0.250. The number of carbonyl (C=O) groups excluding carboxylic acids is 2. The molecule has 0 N–H and O–H groups in total. The second-order valence-electron chi connectivity index (χ2n) is 4.05. The Hall–Kier alpha value is -1.64. The summed E-state index contributed by atoms with van der Waals surface area (Å²) >= 11 is 0. The summed E-state index contributed by atoms with van der Waals surface area (Å²) in [6, 6.07) is 17.4. The summed E-state index contributed by atoms with van der Waals surface area (Å²) in [5, 5.41) is 0. The van der Waals surface area contributed by atoms with Gasteiger partial charge in [-0.25, -0.2) is 12.1 Å². The van der Waals surface area contributed by atoms with Crippen LogP contribution in [0, 0.1) is 0 Å². The minimum Gasteiger partial charge on any atom is -0.748 e. The molecule has 1 atom stereocenters. The van der Waals surface area contributed by atoms with Crippen molar-refractivity contribution in [1.82, 2.24) is 0 Å². The van der Waals surface area contributed by atoms with Crippen molar-refractivity contribution < 1.29 is 31.4 Å². The molecular weight excluding hydrogens is 296 g/mol. The van der Waals surface area contributed by atoms with Gasteiger partial charge in [0.25, 0.3) is 0 Å². The van der Waals surface area contributed by atoms with Crippen molar-refractivity contribution in [3.05, 3.63) is 60.2 Å². The summed E-state index contributed by atoms with van der Waals surface area (Å²) in [6.45, 7) is 3.38. The minimum absolute atomic E-state index is 0. The van der Waals surface area contributed by atoms with Crippen LogP contribution in [-0.2, 0) is 31.4 Å². The van der Waals surface area contributed by atoms with E-state index in [9.17, 15) is 9.59 Å². The predicted octanol–water partition coefficient (Wildman–Crippen LogP) is 3.39. The van der Waals surface area contributed by atoms with Crippen LogP contribution in [0.25, 0.3) is 0 Å². The number of carbonyl (C=O) groups is 2. The normalized spacial score (nSPS) is 10.5. The number of hydrogen-bond donors (Lipinski definition) is 0. The van der Waals surface area contributed by atoms with Gasteiger partial charge in [0.1, 0.15) is 0 Å². The van der Waals surface area contributed by atoms with Gasteiger partial charge in [-0.3, -0.25) is 9.59 Å². The summed E-state index contributed by atoms with van der Waals surface area (Å²) in [5.74, 6) is -1.34. The zero-order valence-electron chi connectivity index (χ0n) is 11.6. The van der Waals surface area contributed by atoms with Crippen LogP contribution in [0.4, 0.5) is 0 Å². The number of rotatable bonds is 3. The topological polar surface area (TPSA) is 43.4 Å². The van der Waals surface area contributed by atoms with Gasteiger partial charge in [0.2, 0.25) is 0 Å². The van der Waals surface area contributed by atoms with Crippen LogP contribution in [0.5, 0.6) is 0 Å². The molecule has 0 aliphatic rings. The molecule has 3 nitrogen and oxygen atoms in total. The van der Waals surface area contributed by atoms with Gasteiger partial charge in [-0.1, -0.05) is 13.8 Å². The molecule has 0 bridgehead atoms. The number of hydrogen-bond acceptors (Lipinski definition) is 3. The second-order valence-corrected chi connectivity index (χ2v) is 4.05. The molecule has 0 fully saturated rings.